The van der Waals surface area contributed by atoms with E-state index in [2.05, 4.69) is 55.0 Å². The maximum atomic E-state index is 14.8. The molecule has 5 heterocycles. The number of carbonyl (C=O) groups excluding carboxylic acids is 6. The van der Waals surface area contributed by atoms with Gasteiger partial charge >= 0.3 is 0 Å². The summed E-state index contributed by atoms with van der Waals surface area (Å²) in [6, 6.07) is 20.7. The smallest absolute Gasteiger partial charge is 0.264 e. The predicted molar refractivity (Wildman–Crippen MR) is 248 cm³/mol. The van der Waals surface area contributed by atoms with Gasteiger partial charge in [-0.1, -0.05) is 36.8 Å². The molecule has 4 aromatic carbocycles. The van der Waals surface area contributed by atoms with Crippen LogP contribution >= 0.6 is 11.3 Å². The van der Waals surface area contributed by atoms with Crippen molar-refractivity contribution in [1.29, 1.82) is 0 Å². The van der Waals surface area contributed by atoms with E-state index in [1.807, 2.05) is 18.2 Å². The van der Waals surface area contributed by atoms with Crippen molar-refractivity contribution in [2.24, 2.45) is 0 Å². The zero-order valence-electron chi connectivity index (χ0n) is 36.8. The van der Waals surface area contributed by atoms with Crippen molar-refractivity contribution in [3.05, 3.63) is 124 Å². The Balaban J connectivity index is 0.760. The third-order valence-corrected chi connectivity index (χ3v) is 13.3. The number of hydrogen-bond donors (Lipinski definition) is 3. The molecular weight excluding hydrogens is 880 g/mol. The molecule has 0 aliphatic carbocycles. The zero-order chi connectivity index (χ0) is 46.6. The molecule has 2 fully saturated rings. The number of imide groups is 2. The van der Waals surface area contributed by atoms with Gasteiger partial charge in [0.1, 0.15) is 23.7 Å². The number of hydrogen-bond acceptors (Lipinski definition) is 13. The lowest BCUT2D eigenvalue weighted by Crippen LogP contribution is -2.54. The summed E-state index contributed by atoms with van der Waals surface area (Å²) >= 11 is 1.23. The van der Waals surface area contributed by atoms with Crippen LogP contribution in [-0.2, 0) is 25.7 Å². The van der Waals surface area contributed by atoms with E-state index in [-0.39, 0.29) is 54.5 Å². The fourth-order valence-corrected chi connectivity index (χ4v) is 9.76. The Kier molecular flexibility index (Phi) is 13.4. The number of methoxy groups -OCH3 is 1. The first-order valence-corrected chi connectivity index (χ1v) is 23.2. The predicted octanol–water partition coefficient (Wildman–Crippen LogP) is 6.07. The van der Waals surface area contributed by atoms with Crippen LogP contribution < -0.4 is 25.6 Å². The highest BCUT2D eigenvalue weighted by molar-refractivity contribution is 7.13. The van der Waals surface area contributed by atoms with Gasteiger partial charge in [0.2, 0.25) is 11.8 Å². The van der Waals surface area contributed by atoms with E-state index in [4.69, 9.17) is 9.47 Å². The number of benzene rings is 4. The SMILES string of the molecule is COCOc1ccc(F)cc1C(C(=O)Nc1nccs1)N1Cc2ccc(-c3ccc(N4CCN(CCCCCNc5cccc6c5C(=O)N(C5CCC(=O)NC5=O)C6=O)CC4)cc3)cc2C1=O. The number of aromatic nitrogens is 1. The Bertz CT molecular complexity index is 2710. The van der Waals surface area contributed by atoms with Gasteiger partial charge in [-0.25, -0.2) is 9.37 Å². The summed E-state index contributed by atoms with van der Waals surface area (Å²) in [5.41, 5.74) is 5.40. The number of fused-ring (bicyclic) bond motifs is 2. The molecule has 4 aliphatic rings. The van der Waals surface area contributed by atoms with Crippen LogP contribution in [0.25, 0.3) is 11.1 Å². The molecule has 18 heteroatoms. The normalized spacial score (nSPS) is 17.7. The lowest BCUT2D eigenvalue weighted by Gasteiger charge is -2.36. The second kappa shape index (κ2) is 19.8. The van der Waals surface area contributed by atoms with Crippen LogP contribution in [0.4, 0.5) is 20.9 Å². The molecule has 6 amide bonds. The van der Waals surface area contributed by atoms with Crippen molar-refractivity contribution in [3.63, 3.8) is 0 Å². The molecule has 2 saturated heterocycles. The van der Waals surface area contributed by atoms with Gasteiger partial charge < -0.3 is 24.6 Å². The van der Waals surface area contributed by atoms with Crippen LogP contribution in [-0.4, -0.2) is 114 Å². The highest BCUT2D eigenvalue weighted by Gasteiger charge is 2.46. The summed E-state index contributed by atoms with van der Waals surface area (Å²) in [7, 11) is 1.45. The van der Waals surface area contributed by atoms with Crippen molar-refractivity contribution in [3.8, 4) is 16.9 Å². The van der Waals surface area contributed by atoms with Crippen LogP contribution in [0.15, 0.2) is 90.4 Å². The minimum absolute atomic E-state index is 0.0723. The number of halogens is 1. The van der Waals surface area contributed by atoms with Crippen LogP contribution in [0.2, 0.25) is 0 Å². The van der Waals surface area contributed by atoms with E-state index in [1.165, 1.54) is 41.5 Å². The minimum Gasteiger partial charge on any atom is -0.467 e. The van der Waals surface area contributed by atoms with Crippen molar-refractivity contribution in [2.45, 2.75) is 50.7 Å². The number of ether oxygens (including phenoxy) is 2. The van der Waals surface area contributed by atoms with E-state index in [0.29, 0.717) is 22.9 Å². The Hall–Kier alpha value is -7.02. The quantitative estimate of drug-likeness (QED) is 0.0557. The Morgan fingerprint density at radius 2 is 1.70 bits per heavy atom. The number of thiazole rings is 1. The molecule has 3 N–H and O–H groups in total. The van der Waals surface area contributed by atoms with E-state index in [9.17, 15) is 33.2 Å². The monoisotopic (exact) mass is 928 g/mol. The third-order valence-electron chi connectivity index (χ3n) is 12.6. The van der Waals surface area contributed by atoms with Gasteiger partial charge in [-0.2, -0.15) is 0 Å². The van der Waals surface area contributed by atoms with Crippen LogP contribution in [0, 0.1) is 5.82 Å². The number of carbonyl (C=O) groups is 6. The summed E-state index contributed by atoms with van der Waals surface area (Å²) < 4.78 is 25.6. The first kappa shape index (κ1) is 45.1. The molecule has 9 rings (SSSR count). The van der Waals surface area contributed by atoms with Crippen molar-refractivity contribution >= 4 is 63.3 Å². The van der Waals surface area contributed by atoms with Crippen LogP contribution in [0.5, 0.6) is 5.75 Å². The molecule has 0 spiro atoms. The van der Waals surface area contributed by atoms with Crippen molar-refractivity contribution in [1.82, 2.24) is 25.0 Å². The highest BCUT2D eigenvalue weighted by Crippen LogP contribution is 2.39. The number of rotatable bonds is 17. The standard InChI is InChI=1S/C49H49FN8O8S/c1-65-29-66-40-16-12-33(50)27-37(40)43(45(61)54-49-52-19-25-67-49)57-28-32-9-8-31(26-36(32)46(57)62)30-10-13-34(14-11-30)56-23-21-55(22-24-56)20-4-2-3-18-51-38-7-5-6-35-42(38)48(64)58(47(35)63)39-15-17-41(59)53-44(39)60/h5-14,16,19,25-27,39,43,51H,2-4,15,17-18,20-24,28-29H2,1H3,(H,52,54,61)(H,53,59,60). The van der Waals surface area contributed by atoms with Crippen LogP contribution in [0.1, 0.15) is 80.3 Å². The van der Waals surface area contributed by atoms with Gasteiger partial charge in [-0.15, -0.1) is 11.3 Å². The van der Waals surface area contributed by atoms with Gasteiger partial charge in [-0.05, 0) is 91.0 Å². The van der Waals surface area contributed by atoms with E-state index in [1.54, 1.807) is 29.8 Å². The number of amides is 6. The molecule has 2 atom stereocenters. The second-order valence-electron chi connectivity index (χ2n) is 16.8. The fraction of sp³-hybridized carbons (Fsp3) is 0.327. The lowest BCUT2D eigenvalue weighted by atomic mass is 10.00. The van der Waals surface area contributed by atoms with Gasteiger partial charge in [-0.3, -0.25) is 49.2 Å². The zero-order valence-corrected chi connectivity index (χ0v) is 37.6. The Morgan fingerprint density at radius 3 is 2.46 bits per heavy atom. The first-order valence-electron chi connectivity index (χ1n) is 22.3. The molecule has 0 bridgehead atoms. The lowest BCUT2D eigenvalue weighted by molar-refractivity contribution is -0.136. The molecule has 0 radical (unpaired) electrons. The summed E-state index contributed by atoms with van der Waals surface area (Å²) in [5.74, 6) is -3.36. The molecule has 67 heavy (non-hydrogen) atoms. The number of piperazine rings is 1. The van der Waals surface area contributed by atoms with Crippen molar-refractivity contribution in [2.75, 3.05) is 68.7 Å². The maximum absolute atomic E-state index is 14.8. The molecule has 1 aromatic heterocycles. The van der Waals surface area contributed by atoms with Gasteiger partial charge in [0, 0.05) is 86.9 Å². The molecule has 0 saturated carbocycles. The average molecular weight is 929 g/mol. The molecular formula is C49H49FN8O8S. The number of unbranched alkanes of at least 4 members (excludes halogenated alkanes) is 2. The second-order valence-corrected chi connectivity index (χ2v) is 17.7. The summed E-state index contributed by atoms with van der Waals surface area (Å²) in [6.07, 6.45) is 4.61. The van der Waals surface area contributed by atoms with E-state index >= 15 is 0 Å². The molecule has 5 aromatic rings. The number of nitrogens with one attached hydrogen (secondary N) is 3. The summed E-state index contributed by atoms with van der Waals surface area (Å²) in [6.45, 7) is 5.21. The van der Waals surface area contributed by atoms with Gasteiger partial charge in [0.25, 0.3) is 23.6 Å². The summed E-state index contributed by atoms with van der Waals surface area (Å²) in [4.78, 5) is 90.2. The number of anilines is 3. The first-order chi connectivity index (χ1) is 32.6. The Labute approximate surface area is 390 Å². The van der Waals surface area contributed by atoms with Crippen LogP contribution in [0.3, 0.4) is 0 Å². The number of piperidine rings is 1. The third kappa shape index (κ3) is 9.50. The topological polar surface area (TPSA) is 183 Å². The molecule has 4 aliphatic heterocycles. The average Bonchev–Trinajstić information content (AvgIpc) is 4.03. The van der Waals surface area contributed by atoms with E-state index < -0.39 is 47.4 Å². The Morgan fingerprint density at radius 1 is 0.896 bits per heavy atom. The molecule has 16 nitrogen and oxygen atoms in total. The van der Waals surface area contributed by atoms with Crippen molar-refractivity contribution < 1.29 is 42.6 Å². The number of nitrogens with zero attached hydrogens (tertiary/aromatic N) is 5. The highest BCUT2D eigenvalue weighted by atomic mass is 32.1. The molecule has 2 unspecified atom stereocenters. The fourth-order valence-electron chi connectivity index (χ4n) is 9.22. The molecule has 346 valence electrons. The minimum atomic E-state index is -1.23. The summed E-state index contributed by atoms with van der Waals surface area (Å²) in [5, 5.41) is 10.4. The maximum Gasteiger partial charge on any atom is 0.264 e. The van der Waals surface area contributed by atoms with Gasteiger partial charge in [0.05, 0.1) is 11.1 Å². The van der Waals surface area contributed by atoms with E-state index in [0.717, 1.165) is 79.3 Å². The largest absolute Gasteiger partial charge is 0.467 e. The van der Waals surface area contributed by atoms with Gasteiger partial charge in [0.15, 0.2) is 11.9 Å².